The topological polar surface area (TPSA) is 85.8 Å². The molecule has 2 rings (SSSR count). The molecule has 0 atom stereocenters. The van der Waals surface area contributed by atoms with Crippen LogP contribution in [-0.4, -0.2) is 41.1 Å². The molecule has 2 aromatic heterocycles. The molecule has 2 aromatic rings. The molecule has 19 heavy (non-hydrogen) atoms. The number of aliphatic carboxylic acids is 1. The van der Waals surface area contributed by atoms with E-state index in [1.165, 1.54) is 11.8 Å². The Balaban J connectivity index is 2.17. The van der Waals surface area contributed by atoms with E-state index in [0.29, 0.717) is 11.7 Å². The highest BCUT2D eigenvalue weighted by Crippen LogP contribution is 2.18. The second-order valence-electron chi connectivity index (χ2n) is 4.01. The summed E-state index contributed by atoms with van der Waals surface area (Å²) in [4.78, 5) is 14.9. The molecule has 0 saturated heterocycles. The molecule has 102 valence electrons. The largest absolute Gasteiger partial charge is 0.481 e. The van der Waals surface area contributed by atoms with Crippen molar-refractivity contribution in [2.75, 3.05) is 5.75 Å². The van der Waals surface area contributed by atoms with E-state index in [2.05, 4.69) is 15.2 Å². The first kappa shape index (κ1) is 13.6. The molecular formula is C11H15N5O2S. The Kier molecular flexibility index (Phi) is 4.20. The SMILES string of the molecule is CCn1cnnc1Cn1cc(C)nc1SCC(=O)O. The second-order valence-corrected chi connectivity index (χ2v) is 4.95. The number of hydrogen-bond acceptors (Lipinski definition) is 5. The third-order valence-electron chi connectivity index (χ3n) is 2.53. The van der Waals surface area contributed by atoms with Gasteiger partial charge >= 0.3 is 5.97 Å². The lowest BCUT2D eigenvalue weighted by Gasteiger charge is -2.07. The molecule has 0 amide bonds. The van der Waals surface area contributed by atoms with Gasteiger partial charge in [-0.2, -0.15) is 0 Å². The molecule has 8 heteroatoms. The van der Waals surface area contributed by atoms with Gasteiger partial charge in [-0.15, -0.1) is 10.2 Å². The lowest BCUT2D eigenvalue weighted by Crippen LogP contribution is -2.08. The zero-order chi connectivity index (χ0) is 13.8. The number of thioether (sulfide) groups is 1. The van der Waals surface area contributed by atoms with Gasteiger partial charge in [0.2, 0.25) is 0 Å². The van der Waals surface area contributed by atoms with Crippen molar-refractivity contribution in [3.63, 3.8) is 0 Å². The van der Waals surface area contributed by atoms with Crippen LogP contribution < -0.4 is 0 Å². The van der Waals surface area contributed by atoms with Crippen LogP contribution in [0.2, 0.25) is 0 Å². The fourth-order valence-electron chi connectivity index (χ4n) is 1.70. The average molecular weight is 281 g/mol. The number of rotatable bonds is 6. The van der Waals surface area contributed by atoms with Crippen molar-refractivity contribution >= 4 is 17.7 Å². The maximum absolute atomic E-state index is 10.6. The van der Waals surface area contributed by atoms with Crippen LogP contribution in [0.25, 0.3) is 0 Å². The Morgan fingerprint density at radius 2 is 2.26 bits per heavy atom. The average Bonchev–Trinajstić information content (AvgIpc) is 2.93. The molecule has 2 heterocycles. The second kappa shape index (κ2) is 5.87. The van der Waals surface area contributed by atoms with E-state index < -0.39 is 5.97 Å². The molecule has 0 aliphatic heterocycles. The van der Waals surface area contributed by atoms with Gasteiger partial charge in [-0.25, -0.2) is 4.98 Å². The van der Waals surface area contributed by atoms with Crippen molar-refractivity contribution in [3.05, 3.63) is 24.0 Å². The first-order valence-corrected chi connectivity index (χ1v) is 6.83. The minimum absolute atomic E-state index is 0.00305. The van der Waals surface area contributed by atoms with Gasteiger partial charge < -0.3 is 14.2 Å². The third-order valence-corrected chi connectivity index (χ3v) is 3.51. The van der Waals surface area contributed by atoms with Crippen LogP contribution in [0.5, 0.6) is 0 Å². The summed E-state index contributed by atoms with van der Waals surface area (Å²) in [6.07, 6.45) is 3.57. The number of carboxylic acids is 1. The van der Waals surface area contributed by atoms with Crippen LogP contribution in [0.1, 0.15) is 18.4 Å². The number of aryl methyl sites for hydroxylation is 2. The number of hydrogen-bond donors (Lipinski definition) is 1. The van der Waals surface area contributed by atoms with Crippen molar-refractivity contribution in [3.8, 4) is 0 Å². The summed E-state index contributed by atoms with van der Waals surface area (Å²) < 4.78 is 3.85. The number of carboxylic acid groups (broad SMARTS) is 1. The van der Waals surface area contributed by atoms with Crippen molar-refractivity contribution in [1.82, 2.24) is 24.3 Å². The molecule has 0 aliphatic carbocycles. The van der Waals surface area contributed by atoms with E-state index >= 15 is 0 Å². The summed E-state index contributed by atoms with van der Waals surface area (Å²) >= 11 is 1.21. The molecule has 7 nitrogen and oxygen atoms in total. The maximum atomic E-state index is 10.6. The lowest BCUT2D eigenvalue weighted by molar-refractivity contribution is -0.133. The van der Waals surface area contributed by atoms with E-state index in [0.717, 1.165) is 18.1 Å². The van der Waals surface area contributed by atoms with Gasteiger partial charge in [-0.05, 0) is 13.8 Å². The van der Waals surface area contributed by atoms with Crippen LogP contribution in [0.4, 0.5) is 0 Å². The summed E-state index contributed by atoms with van der Waals surface area (Å²) in [5.41, 5.74) is 0.857. The zero-order valence-corrected chi connectivity index (χ0v) is 11.6. The molecular weight excluding hydrogens is 266 g/mol. The normalized spacial score (nSPS) is 10.8. The van der Waals surface area contributed by atoms with Crippen LogP contribution in [0, 0.1) is 6.92 Å². The maximum Gasteiger partial charge on any atom is 0.313 e. The molecule has 0 aliphatic rings. The monoisotopic (exact) mass is 281 g/mol. The number of imidazole rings is 1. The van der Waals surface area contributed by atoms with Crippen LogP contribution in [-0.2, 0) is 17.9 Å². The molecule has 0 aromatic carbocycles. The van der Waals surface area contributed by atoms with Crippen molar-refractivity contribution < 1.29 is 9.90 Å². The Labute approximate surface area is 114 Å². The van der Waals surface area contributed by atoms with E-state index in [1.807, 2.05) is 29.2 Å². The van der Waals surface area contributed by atoms with Gasteiger partial charge in [-0.3, -0.25) is 4.79 Å². The predicted molar refractivity (Wildman–Crippen MR) is 70.1 cm³/mol. The fraction of sp³-hybridized carbons (Fsp3) is 0.455. The summed E-state index contributed by atoms with van der Waals surface area (Å²) in [7, 11) is 0. The van der Waals surface area contributed by atoms with Gasteiger partial charge in [0, 0.05) is 12.7 Å². The highest BCUT2D eigenvalue weighted by Gasteiger charge is 2.11. The number of nitrogens with zero attached hydrogens (tertiary/aromatic N) is 5. The van der Waals surface area contributed by atoms with Gasteiger partial charge in [-0.1, -0.05) is 11.8 Å². The minimum Gasteiger partial charge on any atom is -0.481 e. The zero-order valence-electron chi connectivity index (χ0n) is 10.8. The lowest BCUT2D eigenvalue weighted by atomic mass is 10.5. The van der Waals surface area contributed by atoms with Crippen LogP contribution >= 0.6 is 11.8 Å². The molecule has 0 radical (unpaired) electrons. The van der Waals surface area contributed by atoms with E-state index in [9.17, 15) is 4.79 Å². The van der Waals surface area contributed by atoms with Crippen molar-refractivity contribution in [1.29, 1.82) is 0 Å². The van der Waals surface area contributed by atoms with E-state index in [-0.39, 0.29) is 5.75 Å². The van der Waals surface area contributed by atoms with Gasteiger partial charge in [0.1, 0.15) is 6.33 Å². The quantitative estimate of drug-likeness (QED) is 0.796. The molecule has 0 spiro atoms. The summed E-state index contributed by atoms with van der Waals surface area (Å²) in [5.74, 6) is -0.0253. The predicted octanol–water partition coefficient (Wildman–Crippen LogP) is 1.03. The van der Waals surface area contributed by atoms with Crippen LogP contribution in [0.3, 0.4) is 0 Å². The number of carbonyl (C=O) groups is 1. The fourth-order valence-corrected chi connectivity index (χ4v) is 2.44. The highest BCUT2D eigenvalue weighted by molar-refractivity contribution is 7.99. The van der Waals surface area contributed by atoms with Gasteiger partial charge in [0.15, 0.2) is 11.0 Å². The third kappa shape index (κ3) is 3.34. The molecule has 0 unspecified atom stereocenters. The molecule has 1 N–H and O–H groups in total. The number of aromatic nitrogens is 5. The van der Waals surface area contributed by atoms with E-state index in [4.69, 9.17) is 5.11 Å². The Morgan fingerprint density at radius 1 is 1.47 bits per heavy atom. The molecule has 0 fully saturated rings. The van der Waals surface area contributed by atoms with Gasteiger partial charge in [0.05, 0.1) is 18.0 Å². The standard InChI is InChI=1S/C11H15N5O2S/c1-3-15-7-12-14-9(15)5-16-4-8(2)13-11(16)19-6-10(17)18/h4,7H,3,5-6H2,1-2H3,(H,17,18). The van der Waals surface area contributed by atoms with Crippen molar-refractivity contribution in [2.45, 2.75) is 32.1 Å². The summed E-state index contributed by atoms with van der Waals surface area (Å²) in [6.45, 7) is 5.24. The van der Waals surface area contributed by atoms with Crippen molar-refractivity contribution in [2.24, 2.45) is 0 Å². The first-order valence-electron chi connectivity index (χ1n) is 5.85. The first-order chi connectivity index (χ1) is 9.10. The molecule has 0 saturated carbocycles. The Hall–Kier alpha value is -1.83. The smallest absolute Gasteiger partial charge is 0.313 e. The highest BCUT2D eigenvalue weighted by atomic mass is 32.2. The van der Waals surface area contributed by atoms with E-state index in [1.54, 1.807) is 6.33 Å². The Bertz CT molecular complexity index is 577. The van der Waals surface area contributed by atoms with Crippen LogP contribution in [0.15, 0.2) is 17.7 Å². The Morgan fingerprint density at radius 3 is 2.95 bits per heavy atom. The minimum atomic E-state index is -0.853. The summed E-state index contributed by atoms with van der Waals surface area (Å²) in [5, 5.41) is 17.4. The molecule has 0 bridgehead atoms. The van der Waals surface area contributed by atoms with Gasteiger partial charge in [0.25, 0.3) is 0 Å². The summed E-state index contributed by atoms with van der Waals surface area (Å²) in [6, 6.07) is 0.